The summed E-state index contributed by atoms with van der Waals surface area (Å²) in [6.45, 7) is 6.06. The maximum absolute atomic E-state index is 13.9. The van der Waals surface area contributed by atoms with Crippen LogP contribution >= 0.6 is 27.3 Å². The molecule has 1 aliphatic heterocycles. The summed E-state index contributed by atoms with van der Waals surface area (Å²) in [5.41, 5.74) is 4.02. The number of halogens is 1. The number of aromatic nitrogens is 1. The van der Waals surface area contributed by atoms with Gasteiger partial charge in [-0.15, -0.1) is 0 Å². The third kappa shape index (κ3) is 4.78. The van der Waals surface area contributed by atoms with Gasteiger partial charge in [-0.2, -0.15) is 0 Å². The van der Waals surface area contributed by atoms with Crippen molar-refractivity contribution in [3.63, 3.8) is 0 Å². The molecule has 2 aromatic carbocycles. The number of thiazole rings is 1. The lowest BCUT2D eigenvalue weighted by atomic mass is 9.68. The van der Waals surface area contributed by atoms with Crippen LogP contribution in [0.3, 0.4) is 0 Å². The SMILES string of the molecule is COc1ccc([C@@H]2C(C(=O)Nc3nc4ccc(Br)cc4s3)=C(C)NC3=C2C(=O)CC(C)(C)C3)c(OC)c1. The smallest absolute Gasteiger partial charge is 0.256 e. The second kappa shape index (κ2) is 9.61. The highest BCUT2D eigenvalue weighted by atomic mass is 79.9. The van der Waals surface area contributed by atoms with Gasteiger partial charge in [0.05, 0.1) is 30.4 Å². The van der Waals surface area contributed by atoms with Gasteiger partial charge in [0.25, 0.3) is 5.91 Å². The molecular formula is C28H28BrN3O4S. The lowest BCUT2D eigenvalue weighted by Crippen LogP contribution is -2.39. The molecule has 7 nitrogen and oxygen atoms in total. The fraction of sp³-hybridized carbons (Fsp3) is 0.321. The summed E-state index contributed by atoms with van der Waals surface area (Å²) in [5, 5.41) is 6.89. The van der Waals surface area contributed by atoms with Crippen molar-refractivity contribution >= 4 is 54.3 Å². The van der Waals surface area contributed by atoms with Crippen molar-refractivity contribution in [3.05, 3.63) is 69.0 Å². The zero-order chi connectivity index (χ0) is 26.5. The van der Waals surface area contributed by atoms with Crippen molar-refractivity contribution in [1.29, 1.82) is 0 Å². The number of nitrogens with one attached hydrogen (secondary N) is 2. The summed E-state index contributed by atoms with van der Waals surface area (Å²) in [4.78, 5) is 32.1. The van der Waals surface area contributed by atoms with Gasteiger partial charge in [-0.05, 0) is 43.0 Å². The summed E-state index contributed by atoms with van der Waals surface area (Å²) in [6, 6.07) is 11.3. The molecule has 2 heterocycles. The van der Waals surface area contributed by atoms with Gasteiger partial charge >= 0.3 is 0 Å². The van der Waals surface area contributed by atoms with E-state index < -0.39 is 5.92 Å². The van der Waals surface area contributed by atoms with Crippen molar-refractivity contribution in [2.24, 2.45) is 5.41 Å². The molecule has 1 aliphatic carbocycles. The third-order valence-electron chi connectivity index (χ3n) is 6.81. The molecule has 192 valence electrons. The molecule has 0 saturated carbocycles. The number of carbonyl (C=O) groups excluding carboxylic acids is 2. The van der Waals surface area contributed by atoms with E-state index in [2.05, 4.69) is 45.4 Å². The molecule has 5 rings (SSSR count). The maximum Gasteiger partial charge on any atom is 0.256 e. The van der Waals surface area contributed by atoms with Crippen LogP contribution in [-0.4, -0.2) is 30.9 Å². The van der Waals surface area contributed by atoms with E-state index in [0.29, 0.717) is 46.3 Å². The Morgan fingerprint density at radius 3 is 2.68 bits per heavy atom. The number of dihydropyridines is 1. The van der Waals surface area contributed by atoms with Crippen molar-refractivity contribution in [1.82, 2.24) is 10.3 Å². The van der Waals surface area contributed by atoms with Gasteiger partial charge in [0.2, 0.25) is 0 Å². The Morgan fingerprint density at radius 1 is 1.16 bits per heavy atom. The first-order valence-electron chi connectivity index (χ1n) is 11.9. The highest BCUT2D eigenvalue weighted by molar-refractivity contribution is 9.10. The van der Waals surface area contributed by atoms with Crippen LogP contribution in [0.5, 0.6) is 11.5 Å². The van der Waals surface area contributed by atoms with Crippen LogP contribution < -0.4 is 20.1 Å². The fourth-order valence-electron chi connectivity index (χ4n) is 5.22. The summed E-state index contributed by atoms with van der Waals surface area (Å²) in [5.74, 6) is 0.314. The van der Waals surface area contributed by atoms with Crippen LogP contribution in [0.1, 0.15) is 45.1 Å². The van der Waals surface area contributed by atoms with Gasteiger partial charge in [-0.1, -0.05) is 47.2 Å². The van der Waals surface area contributed by atoms with Crippen molar-refractivity contribution in [2.75, 3.05) is 19.5 Å². The van der Waals surface area contributed by atoms with Crippen LogP contribution in [-0.2, 0) is 9.59 Å². The molecule has 2 N–H and O–H groups in total. The molecule has 3 aromatic rings. The van der Waals surface area contributed by atoms with Gasteiger partial charge < -0.3 is 14.8 Å². The van der Waals surface area contributed by atoms with E-state index in [0.717, 1.165) is 25.9 Å². The zero-order valence-corrected chi connectivity index (χ0v) is 23.7. The van der Waals surface area contributed by atoms with E-state index in [4.69, 9.17) is 9.47 Å². The molecular weight excluding hydrogens is 554 g/mol. The number of Topliss-reactive ketones (excluding diaryl/α,β-unsaturated/α-hetero) is 1. The molecule has 0 spiro atoms. The number of rotatable bonds is 5. The van der Waals surface area contributed by atoms with Crippen molar-refractivity contribution in [3.8, 4) is 11.5 Å². The number of amides is 1. The number of allylic oxidation sites excluding steroid dienone is 3. The number of ketones is 1. The zero-order valence-electron chi connectivity index (χ0n) is 21.3. The molecule has 0 fully saturated rings. The lowest BCUT2D eigenvalue weighted by molar-refractivity contribution is -0.118. The van der Waals surface area contributed by atoms with E-state index in [1.807, 2.05) is 37.3 Å². The highest BCUT2D eigenvalue weighted by Crippen LogP contribution is 2.49. The number of nitrogens with zero attached hydrogens (tertiary/aromatic N) is 1. The minimum Gasteiger partial charge on any atom is -0.497 e. The number of anilines is 1. The molecule has 1 amide bonds. The molecule has 0 saturated heterocycles. The molecule has 1 aromatic heterocycles. The quantitative estimate of drug-likeness (QED) is 0.366. The van der Waals surface area contributed by atoms with Crippen LogP contribution in [0, 0.1) is 5.41 Å². The van der Waals surface area contributed by atoms with Crippen LogP contribution in [0.4, 0.5) is 5.13 Å². The predicted octanol–water partition coefficient (Wildman–Crippen LogP) is 6.32. The Hall–Kier alpha value is -3.17. The minimum atomic E-state index is -0.593. The normalized spacial score (nSPS) is 19.0. The molecule has 0 radical (unpaired) electrons. The largest absolute Gasteiger partial charge is 0.497 e. The van der Waals surface area contributed by atoms with Gasteiger partial charge in [0.1, 0.15) is 11.5 Å². The first-order chi connectivity index (χ1) is 17.6. The second-order valence-corrected chi connectivity index (χ2v) is 12.1. The third-order valence-corrected chi connectivity index (χ3v) is 8.23. The van der Waals surface area contributed by atoms with Crippen molar-refractivity contribution in [2.45, 2.75) is 39.5 Å². The van der Waals surface area contributed by atoms with E-state index >= 15 is 0 Å². The number of hydrogen-bond donors (Lipinski definition) is 2. The number of carbonyl (C=O) groups is 2. The average Bonchev–Trinajstić information content (AvgIpc) is 3.22. The Balaban J connectivity index is 1.61. The topological polar surface area (TPSA) is 89.5 Å². The van der Waals surface area contributed by atoms with Crippen LogP contribution in [0.2, 0.25) is 0 Å². The average molecular weight is 583 g/mol. The Labute approximate surface area is 228 Å². The Kier molecular flexibility index (Phi) is 6.62. The Morgan fingerprint density at radius 2 is 1.95 bits per heavy atom. The molecule has 1 atom stereocenters. The van der Waals surface area contributed by atoms with E-state index in [1.54, 1.807) is 20.3 Å². The number of ether oxygens (including phenoxy) is 2. The summed E-state index contributed by atoms with van der Waals surface area (Å²) in [6.07, 6.45) is 1.12. The second-order valence-electron chi connectivity index (χ2n) is 10.1. The van der Waals surface area contributed by atoms with E-state index in [9.17, 15) is 9.59 Å². The minimum absolute atomic E-state index is 0.0317. The van der Waals surface area contributed by atoms with Gasteiger partial charge in [0.15, 0.2) is 10.9 Å². The lowest BCUT2D eigenvalue weighted by Gasteiger charge is -2.39. The summed E-state index contributed by atoms with van der Waals surface area (Å²) >= 11 is 4.89. The van der Waals surface area contributed by atoms with Gasteiger partial charge in [0, 0.05) is 45.1 Å². The van der Waals surface area contributed by atoms with E-state index in [-0.39, 0.29) is 17.1 Å². The number of benzene rings is 2. The first kappa shape index (κ1) is 25.5. The van der Waals surface area contributed by atoms with Crippen molar-refractivity contribution < 1.29 is 19.1 Å². The maximum atomic E-state index is 13.9. The molecule has 9 heteroatoms. The molecule has 2 aliphatic rings. The number of hydrogen-bond acceptors (Lipinski definition) is 7. The number of fused-ring (bicyclic) bond motifs is 1. The molecule has 0 bridgehead atoms. The highest BCUT2D eigenvalue weighted by Gasteiger charge is 2.43. The summed E-state index contributed by atoms with van der Waals surface area (Å²) < 4.78 is 13.0. The van der Waals surface area contributed by atoms with Gasteiger partial charge in [-0.3, -0.25) is 14.9 Å². The summed E-state index contributed by atoms with van der Waals surface area (Å²) in [7, 11) is 3.17. The monoisotopic (exact) mass is 581 g/mol. The van der Waals surface area contributed by atoms with E-state index in [1.165, 1.54) is 11.3 Å². The van der Waals surface area contributed by atoms with Gasteiger partial charge in [-0.25, -0.2) is 4.98 Å². The Bertz CT molecular complexity index is 1500. The molecule has 0 unspecified atom stereocenters. The fourth-order valence-corrected chi connectivity index (χ4v) is 6.63. The predicted molar refractivity (Wildman–Crippen MR) is 149 cm³/mol. The van der Waals surface area contributed by atoms with Crippen LogP contribution in [0.25, 0.3) is 10.2 Å². The standard InChI is InChI=1S/C28H28BrN3O4S/c1-14-23(26(34)32-27-31-18-9-6-15(29)10-22(18)37-27)24(17-8-7-16(35-4)11-21(17)36-5)25-19(30-14)12-28(2,3)13-20(25)33/h6-11,24,30H,12-13H2,1-5H3,(H,31,32,34)/t24-/m1/s1. The van der Waals surface area contributed by atoms with Crippen LogP contribution in [0.15, 0.2) is 63.4 Å². The first-order valence-corrected chi connectivity index (χ1v) is 13.5. The molecule has 37 heavy (non-hydrogen) atoms. The number of methoxy groups -OCH3 is 2.